The maximum atomic E-state index is 10.4. The van der Waals surface area contributed by atoms with E-state index in [1.165, 1.54) is 122 Å². The molecule has 0 spiro atoms. The summed E-state index contributed by atoms with van der Waals surface area (Å²) in [6.45, 7) is 2.29. The van der Waals surface area contributed by atoms with Gasteiger partial charge in [0, 0.05) is 6.42 Å². The van der Waals surface area contributed by atoms with Gasteiger partial charge in [0.2, 0.25) is 0 Å². The third kappa shape index (κ3) is 29.4. The van der Waals surface area contributed by atoms with Crippen LogP contribution in [0.15, 0.2) is 0 Å². The maximum absolute atomic E-state index is 10.4. The number of carbonyl (C=O) groups is 1. The van der Waals surface area contributed by atoms with Crippen molar-refractivity contribution in [3.05, 3.63) is 0 Å². The summed E-state index contributed by atoms with van der Waals surface area (Å²) < 4.78 is 0. The molecule has 0 saturated heterocycles. The number of carboxylic acid groups (broad SMARTS) is 1. The van der Waals surface area contributed by atoms with Crippen molar-refractivity contribution in [2.24, 2.45) is 0 Å². The topological polar surface area (TPSA) is 37.3 Å². The van der Waals surface area contributed by atoms with Crippen molar-refractivity contribution in [1.29, 1.82) is 0 Å². The van der Waals surface area contributed by atoms with Crippen LogP contribution in [-0.4, -0.2) is 62.5 Å². The second-order valence-electron chi connectivity index (χ2n) is 8.21. The average Bonchev–Trinajstić information content (AvgIpc) is 2.62. The molecule has 0 aliphatic heterocycles. The minimum absolute atomic E-state index is 0. The summed E-state index contributed by atoms with van der Waals surface area (Å²) in [4.78, 5) is 10.4. The Hall–Kier alpha value is 1.11. The van der Waals surface area contributed by atoms with Crippen LogP contribution in [0.2, 0.25) is 0 Å². The number of hydrogen-bond acceptors (Lipinski definition) is 1. The number of aliphatic carboxylic acids is 1. The molecule has 158 valence electrons. The SMILES string of the molecule is CCCCCCCCCCCCCCCCCCCCCCCC(=O)O.[KH]. The van der Waals surface area contributed by atoms with Crippen LogP contribution in [-0.2, 0) is 4.79 Å². The van der Waals surface area contributed by atoms with Gasteiger partial charge in [0.25, 0.3) is 0 Å². The Labute approximate surface area is 213 Å². The van der Waals surface area contributed by atoms with Crippen molar-refractivity contribution in [1.82, 2.24) is 0 Å². The van der Waals surface area contributed by atoms with Gasteiger partial charge in [0.15, 0.2) is 0 Å². The van der Waals surface area contributed by atoms with E-state index in [1.54, 1.807) is 0 Å². The molecule has 0 aromatic carbocycles. The Morgan fingerprint density at radius 1 is 0.481 bits per heavy atom. The summed E-state index contributed by atoms with van der Waals surface area (Å²) >= 11 is 0. The van der Waals surface area contributed by atoms with Crippen molar-refractivity contribution in [3.8, 4) is 0 Å². The molecule has 3 heteroatoms. The standard InChI is InChI=1S/C24H48O2.K.H/c1-2-3-4-5-6-7-8-9-10-11-12-13-14-15-16-17-18-19-20-21-22-23-24(25)26;;/h2-23H2,1H3,(H,25,26);;. The molecule has 0 heterocycles. The third-order valence-electron chi connectivity index (χ3n) is 5.49. The van der Waals surface area contributed by atoms with E-state index >= 15 is 0 Å². The molecule has 0 amide bonds. The van der Waals surface area contributed by atoms with Crippen LogP contribution in [0.4, 0.5) is 0 Å². The minimum atomic E-state index is -0.650. The van der Waals surface area contributed by atoms with E-state index in [2.05, 4.69) is 6.92 Å². The van der Waals surface area contributed by atoms with Crippen LogP contribution in [0.25, 0.3) is 0 Å². The first-order chi connectivity index (χ1) is 12.8. The zero-order valence-corrected chi connectivity index (χ0v) is 17.9. The summed E-state index contributed by atoms with van der Waals surface area (Å²) in [5, 5.41) is 8.57. The van der Waals surface area contributed by atoms with Gasteiger partial charge in [-0.15, -0.1) is 0 Å². The summed E-state index contributed by atoms with van der Waals surface area (Å²) in [5.41, 5.74) is 0. The Morgan fingerprint density at radius 3 is 0.926 bits per heavy atom. The van der Waals surface area contributed by atoms with Gasteiger partial charge in [0.05, 0.1) is 0 Å². The van der Waals surface area contributed by atoms with Crippen LogP contribution in [0.5, 0.6) is 0 Å². The second kappa shape index (κ2) is 27.1. The van der Waals surface area contributed by atoms with Crippen molar-refractivity contribution >= 4 is 57.4 Å². The molecule has 0 rings (SSSR count). The van der Waals surface area contributed by atoms with Crippen molar-refractivity contribution in [2.75, 3.05) is 0 Å². The molecule has 0 radical (unpaired) electrons. The van der Waals surface area contributed by atoms with Gasteiger partial charge in [-0.25, -0.2) is 0 Å². The normalized spacial score (nSPS) is 10.7. The van der Waals surface area contributed by atoms with E-state index < -0.39 is 5.97 Å². The first-order valence-corrected chi connectivity index (χ1v) is 12.0. The number of hydrogen-bond donors (Lipinski definition) is 1. The zero-order valence-electron chi connectivity index (χ0n) is 17.9. The molecule has 0 aliphatic carbocycles. The van der Waals surface area contributed by atoms with Gasteiger partial charge in [-0.3, -0.25) is 4.79 Å². The van der Waals surface area contributed by atoms with Crippen molar-refractivity contribution < 1.29 is 9.90 Å². The first kappa shape index (κ1) is 30.3. The van der Waals surface area contributed by atoms with Gasteiger partial charge in [-0.05, 0) is 6.42 Å². The number of rotatable bonds is 22. The van der Waals surface area contributed by atoms with Crippen LogP contribution in [0.1, 0.15) is 148 Å². The molecule has 2 nitrogen and oxygen atoms in total. The quantitative estimate of drug-likeness (QED) is 0.145. The Balaban J connectivity index is 0. The second-order valence-corrected chi connectivity index (χ2v) is 8.21. The molecule has 0 aromatic heterocycles. The Morgan fingerprint density at radius 2 is 0.704 bits per heavy atom. The molecule has 1 N–H and O–H groups in total. The summed E-state index contributed by atoms with van der Waals surface area (Å²) in [7, 11) is 0. The monoisotopic (exact) mass is 408 g/mol. The Bertz CT molecular complexity index is 282. The summed E-state index contributed by atoms with van der Waals surface area (Å²) in [6, 6.07) is 0. The van der Waals surface area contributed by atoms with Crippen LogP contribution >= 0.6 is 0 Å². The van der Waals surface area contributed by atoms with E-state index in [0.29, 0.717) is 6.42 Å². The van der Waals surface area contributed by atoms with Crippen LogP contribution in [0.3, 0.4) is 0 Å². The van der Waals surface area contributed by atoms with E-state index in [4.69, 9.17) is 5.11 Å². The number of carboxylic acids is 1. The predicted molar refractivity (Wildman–Crippen MR) is 122 cm³/mol. The van der Waals surface area contributed by atoms with Crippen LogP contribution < -0.4 is 0 Å². The van der Waals surface area contributed by atoms with Crippen LogP contribution in [0, 0.1) is 0 Å². The molecule has 0 aliphatic rings. The molecular formula is C24H49KO2. The van der Waals surface area contributed by atoms with Gasteiger partial charge in [-0.2, -0.15) is 0 Å². The molecular weight excluding hydrogens is 359 g/mol. The third-order valence-corrected chi connectivity index (χ3v) is 5.49. The molecule has 0 atom stereocenters. The average molecular weight is 409 g/mol. The molecule has 0 fully saturated rings. The molecule has 0 bridgehead atoms. The van der Waals surface area contributed by atoms with Crippen molar-refractivity contribution in [3.63, 3.8) is 0 Å². The van der Waals surface area contributed by atoms with E-state index in [-0.39, 0.29) is 51.4 Å². The first-order valence-electron chi connectivity index (χ1n) is 12.0. The zero-order chi connectivity index (χ0) is 19.1. The Kier molecular flexibility index (Phi) is 30.4. The summed E-state index contributed by atoms with van der Waals surface area (Å²) in [5.74, 6) is -0.650. The van der Waals surface area contributed by atoms with E-state index in [1.807, 2.05) is 0 Å². The van der Waals surface area contributed by atoms with Gasteiger partial charge in [-0.1, -0.05) is 135 Å². The fourth-order valence-electron chi connectivity index (χ4n) is 3.71. The predicted octanol–water partition coefficient (Wildman–Crippen LogP) is 8.02. The van der Waals surface area contributed by atoms with E-state index in [9.17, 15) is 4.79 Å². The van der Waals surface area contributed by atoms with Gasteiger partial charge >= 0.3 is 57.4 Å². The van der Waals surface area contributed by atoms with Gasteiger partial charge in [0.1, 0.15) is 0 Å². The van der Waals surface area contributed by atoms with E-state index in [0.717, 1.165) is 12.8 Å². The van der Waals surface area contributed by atoms with Crippen molar-refractivity contribution in [2.45, 2.75) is 148 Å². The number of unbranched alkanes of at least 4 members (excludes halogenated alkanes) is 20. The molecule has 0 unspecified atom stereocenters. The molecule has 27 heavy (non-hydrogen) atoms. The van der Waals surface area contributed by atoms with Gasteiger partial charge < -0.3 is 5.11 Å². The fourth-order valence-corrected chi connectivity index (χ4v) is 3.71. The molecule has 0 saturated carbocycles. The fraction of sp³-hybridized carbons (Fsp3) is 0.958. The summed E-state index contributed by atoms with van der Waals surface area (Å²) in [6.07, 6.45) is 29.1. The molecule has 0 aromatic rings.